The van der Waals surface area contributed by atoms with Gasteiger partial charge in [-0.2, -0.15) is 16.9 Å². The number of benzene rings is 1. The fourth-order valence-corrected chi connectivity index (χ4v) is 3.65. The van der Waals surface area contributed by atoms with Crippen LogP contribution in [0.3, 0.4) is 0 Å². The van der Waals surface area contributed by atoms with E-state index in [1.165, 1.54) is 23.5 Å². The lowest BCUT2D eigenvalue weighted by Gasteiger charge is -2.12. The van der Waals surface area contributed by atoms with Crippen molar-refractivity contribution in [1.82, 2.24) is 15.1 Å². The summed E-state index contributed by atoms with van der Waals surface area (Å²) in [5.74, 6) is 2.38. The second kappa shape index (κ2) is 7.47. The second-order valence-electron chi connectivity index (χ2n) is 5.39. The van der Waals surface area contributed by atoms with Gasteiger partial charge in [0.1, 0.15) is 6.54 Å². The van der Waals surface area contributed by atoms with Gasteiger partial charge in [-0.3, -0.25) is 9.48 Å². The molecule has 0 saturated carbocycles. The monoisotopic (exact) mass is 316 g/mol. The van der Waals surface area contributed by atoms with Crippen molar-refractivity contribution in [3.8, 4) is 0 Å². The lowest BCUT2D eigenvalue weighted by atomic mass is 10.1. The summed E-state index contributed by atoms with van der Waals surface area (Å²) < 4.78 is 1.61. The summed E-state index contributed by atoms with van der Waals surface area (Å²) >= 11 is 2.00. The van der Waals surface area contributed by atoms with Gasteiger partial charge in [0.2, 0.25) is 5.91 Å². The number of carbonyl (C=O) groups excluding carboxylic acids is 1. The van der Waals surface area contributed by atoms with Crippen molar-refractivity contribution >= 4 is 23.4 Å². The Morgan fingerprint density at radius 1 is 1.41 bits per heavy atom. The van der Waals surface area contributed by atoms with E-state index in [4.69, 9.17) is 0 Å². The molecule has 1 unspecified atom stereocenters. The van der Waals surface area contributed by atoms with Crippen LogP contribution in [-0.2, 0) is 17.9 Å². The minimum Gasteiger partial charge on any atom is -0.324 e. The molecule has 0 aliphatic carbocycles. The van der Waals surface area contributed by atoms with E-state index in [0.29, 0.717) is 6.04 Å². The second-order valence-corrected chi connectivity index (χ2v) is 6.54. The number of nitrogens with one attached hydrogen (secondary N) is 2. The molecule has 6 heteroatoms. The molecule has 1 saturated heterocycles. The summed E-state index contributed by atoms with van der Waals surface area (Å²) in [6.07, 6.45) is 4.69. The van der Waals surface area contributed by atoms with Crippen LogP contribution < -0.4 is 10.6 Å². The Hall–Kier alpha value is -1.79. The van der Waals surface area contributed by atoms with Crippen LogP contribution >= 0.6 is 11.8 Å². The molecule has 1 atom stereocenters. The van der Waals surface area contributed by atoms with E-state index in [1.54, 1.807) is 23.1 Å². The van der Waals surface area contributed by atoms with E-state index < -0.39 is 0 Å². The molecule has 1 fully saturated rings. The molecular weight excluding hydrogens is 296 g/mol. The van der Waals surface area contributed by atoms with Gasteiger partial charge in [0.15, 0.2) is 0 Å². The van der Waals surface area contributed by atoms with E-state index in [1.807, 2.05) is 30.0 Å². The molecule has 1 amide bonds. The van der Waals surface area contributed by atoms with Crippen molar-refractivity contribution in [2.45, 2.75) is 25.6 Å². The number of carbonyl (C=O) groups is 1. The third kappa shape index (κ3) is 4.35. The summed E-state index contributed by atoms with van der Waals surface area (Å²) in [4.78, 5) is 12.0. The molecule has 1 aliphatic rings. The number of anilines is 1. The number of hydrogen-bond acceptors (Lipinski definition) is 4. The summed E-state index contributed by atoms with van der Waals surface area (Å²) in [5.41, 5.74) is 2.02. The van der Waals surface area contributed by atoms with Crippen molar-refractivity contribution in [1.29, 1.82) is 0 Å². The van der Waals surface area contributed by atoms with Gasteiger partial charge in [-0.15, -0.1) is 0 Å². The standard InChI is InChI=1S/C16H20N4OS/c21-16(11-20-7-2-6-18-20)19-14-4-1-3-13(9-14)10-17-15-5-8-22-12-15/h1-4,6-7,9,15,17H,5,8,10-12H2,(H,19,21). The number of aromatic nitrogens is 2. The van der Waals surface area contributed by atoms with Crippen LogP contribution in [0.15, 0.2) is 42.7 Å². The van der Waals surface area contributed by atoms with Gasteiger partial charge < -0.3 is 10.6 Å². The SMILES string of the molecule is O=C(Cn1cccn1)Nc1cccc(CNC2CCSC2)c1. The predicted molar refractivity (Wildman–Crippen MR) is 89.9 cm³/mol. The van der Waals surface area contributed by atoms with Crippen LogP contribution in [0.5, 0.6) is 0 Å². The van der Waals surface area contributed by atoms with E-state index in [-0.39, 0.29) is 12.5 Å². The van der Waals surface area contributed by atoms with Crippen LogP contribution in [0, 0.1) is 0 Å². The Bertz CT molecular complexity index is 608. The zero-order valence-electron chi connectivity index (χ0n) is 12.4. The molecular formula is C16H20N4OS. The Morgan fingerprint density at radius 2 is 2.36 bits per heavy atom. The first-order valence-corrected chi connectivity index (χ1v) is 8.62. The summed E-state index contributed by atoms with van der Waals surface area (Å²) in [7, 11) is 0. The highest BCUT2D eigenvalue weighted by Crippen LogP contribution is 2.18. The molecule has 2 N–H and O–H groups in total. The topological polar surface area (TPSA) is 59.0 Å². The van der Waals surface area contributed by atoms with Crippen LogP contribution in [-0.4, -0.2) is 33.2 Å². The number of rotatable bonds is 6. The van der Waals surface area contributed by atoms with E-state index in [9.17, 15) is 4.79 Å². The van der Waals surface area contributed by atoms with E-state index in [2.05, 4.69) is 21.8 Å². The van der Waals surface area contributed by atoms with Crippen molar-refractivity contribution in [2.24, 2.45) is 0 Å². The quantitative estimate of drug-likeness (QED) is 0.857. The van der Waals surface area contributed by atoms with Crippen molar-refractivity contribution in [3.63, 3.8) is 0 Å². The van der Waals surface area contributed by atoms with Gasteiger partial charge >= 0.3 is 0 Å². The predicted octanol–water partition coefficient (Wildman–Crippen LogP) is 2.12. The van der Waals surface area contributed by atoms with Crippen molar-refractivity contribution in [2.75, 3.05) is 16.8 Å². The van der Waals surface area contributed by atoms with Crippen LogP contribution in [0.4, 0.5) is 5.69 Å². The average Bonchev–Trinajstić information content (AvgIpc) is 3.18. The summed E-state index contributed by atoms with van der Waals surface area (Å²) in [6.45, 7) is 1.07. The highest BCUT2D eigenvalue weighted by atomic mass is 32.2. The molecule has 0 spiro atoms. The van der Waals surface area contributed by atoms with E-state index in [0.717, 1.165) is 12.2 Å². The van der Waals surface area contributed by atoms with Gasteiger partial charge in [0.25, 0.3) is 0 Å². The molecule has 0 radical (unpaired) electrons. The number of hydrogen-bond donors (Lipinski definition) is 2. The fraction of sp³-hybridized carbons (Fsp3) is 0.375. The van der Waals surface area contributed by atoms with Gasteiger partial charge in [-0.05, 0) is 35.9 Å². The Kier molecular flexibility index (Phi) is 5.13. The normalized spacial score (nSPS) is 17.5. The Balaban J connectivity index is 1.52. The van der Waals surface area contributed by atoms with Gasteiger partial charge in [0, 0.05) is 36.4 Å². The fourth-order valence-electron chi connectivity index (χ4n) is 2.46. The third-order valence-electron chi connectivity index (χ3n) is 3.60. The Morgan fingerprint density at radius 3 is 3.14 bits per heavy atom. The molecule has 2 heterocycles. The molecule has 22 heavy (non-hydrogen) atoms. The van der Waals surface area contributed by atoms with Gasteiger partial charge in [-0.25, -0.2) is 0 Å². The number of thioether (sulfide) groups is 1. The molecule has 116 valence electrons. The molecule has 1 aliphatic heterocycles. The molecule has 3 rings (SSSR count). The van der Waals surface area contributed by atoms with Gasteiger partial charge in [0.05, 0.1) is 0 Å². The molecule has 0 bridgehead atoms. The summed E-state index contributed by atoms with van der Waals surface area (Å²) in [5, 5.41) is 10.5. The Labute approximate surface area is 134 Å². The largest absolute Gasteiger partial charge is 0.324 e. The average molecular weight is 316 g/mol. The molecule has 2 aromatic rings. The molecule has 5 nitrogen and oxygen atoms in total. The first kappa shape index (κ1) is 15.1. The lowest BCUT2D eigenvalue weighted by Crippen LogP contribution is -2.28. The molecule has 1 aromatic heterocycles. The maximum Gasteiger partial charge on any atom is 0.246 e. The minimum absolute atomic E-state index is 0.0685. The smallest absolute Gasteiger partial charge is 0.246 e. The molecule has 1 aromatic carbocycles. The van der Waals surface area contributed by atoms with Crippen LogP contribution in [0.2, 0.25) is 0 Å². The zero-order chi connectivity index (χ0) is 15.2. The maximum atomic E-state index is 12.0. The summed E-state index contributed by atoms with van der Waals surface area (Å²) in [6, 6.07) is 10.4. The first-order chi connectivity index (χ1) is 10.8. The third-order valence-corrected chi connectivity index (χ3v) is 4.76. The minimum atomic E-state index is -0.0685. The van der Waals surface area contributed by atoms with Crippen molar-refractivity contribution < 1.29 is 4.79 Å². The first-order valence-electron chi connectivity index (χ1n) is 7.47. The number of amides is 1. The van der Waals surface area contributed by atoms with Crippen LogP contribution in [0.25, 0.3) is 0 Å². The lowest BCUT2D eigenvalue weighted by molar-refractivity contribution is -0.116. The van der Waals surface area contributed by atoms with Crippen molar-refractivity contribution in [3.05, 3.63) is 48.3 Å². The highest BCUT2D eigenvalue weighted by Gasteiger charge is 2.14. The highest BCUT2D eigenvalue weighted by molar-refractivity contribution is 7.99. The van der Waals surface area contributed by atoms with E-state index >= 15 is 0 Å². The maximum absolute atomic E-state index is 12.0. The zero-order valence-corrected chi connectivity index (χ0v) is 13.2. The van der Waals surface area contributed by atoms with Crippen LogP contribution in [0.1, 0.15) is 12.0 Å². The number of nitrogens with zero attached hydrogens (tertiary/aromatic N) is 2. The van der Waals surface area contributed by atoms with Gasteiger partial charge in [-0.1, -0.05) is 12.1 Å².